The number of rotatable bonds is 8. The smallest absolute Gasteiger partial charge is 0.239 e. The fraction of sp³-hybridized carbons (Fsp3) is 0.500. The van der Waals surface area contributed by atoms with E-state index in [9.17, 15) is 9.59 Å². The Labute approximate surface area is 159 Å². The monoisotopic (exact) mass is 372 g/mol. The Morgan fingerprint density at radius 2 is 2.04 bits per heavy atom. The molecule has 2 aromatic rings. The average Bonchev–Trinajstić information content (AvgIpc) is 3.09. The van der Waals surface area contributed by atoms with Gasteiger partial charge in [-0.3, -0.25) is 14.5 Å². The Balaban J connectivity index is 1.45. The van der Waals surface area contributed by atoms with Crippen LogP contribution in [0.1, 0.15) is 12.5 Å². The van der Waals surface area contributed by atoms with E-state index in [0.29, 0.717) is 19.5 Å². The quantitative estimate of drug-likeness (QED) is 0.725. The summed E-state index contributed by atoms with van der Waals surface area (Å²) in [6.45, 7) is 6.84. The SMILES string of the molecule is CC(=O)N(CCc1c[nH]c2ccccc12)CC(=O)NCCN1CCOCC1. The molecule has 1 aliphatic rings. The van der Waals surface area contributed by atoms with E-state index >= 15 is 0 Å². The number of nitrogens with one attached hydrogen (secondary N) is 2. The molecule has 1 fully saturated rings. The van der Waals surface area contributed by atoms with E-state index in [1.807, 2.05) is 24.4 Å². The topological polar surface area (TPSA) is 77.7 Å². The van der Waals surface area contributed by atoms with Crippen LogP contribution in [0.5, 0.6) is 0 Å². The molecule has 3 rings (SSSR count). The second-order valence-electron chi connectivity index (χ2n) is 6.85. The number of carbonyl (C=O) groups is 2. The Bertz CT molecular complexity index is 767. The predicted molar refractivity (Wildman–Crippen MR) is 105 cm³/mol. The van der Waals surface area contributed by atoms with E-state index in [0.717, 1.165) is 49.3 Å². The molecule has 1 aromatic heterocycles. The van der Waals surface area contributed by atoms with Gasteiger partial charge < -0.3 is 19.9 Å². The minimum atomic E-state index is -0.114. The van der Waals surface area contributed by atoms with Crippen molar-refractivity contribution < 1.29 is 14.3 Å². The number of nitrogens with zero attached hydrogens (tertiary/aromatic N) is 2. The highest BCUT2D eigenvalue weighted by Crippen LogP contribution is 2.18. The number of ether oxygens (including phenoxy) is 1. The molecule has 7 nitrogen and oxygen atoms in total. The average molecular weight is 372 g/mol. The standard InChI is InChI=1S/C20H28N4O3/c1-16(25)24(8-6-17-14-22-19-5-3-2-4-18(17)19)15-20(26)21-7-9-23-10-12-27-13-11-23/h2-5,14,22H,6-13,15H2,1H3,(H,21,26). The fourth-order valence-electron chi connectivity index (χ4n) is 3.35. The molecule has 7 heteroatoms. The second kappa shape index (κ2) is 9.53. The van der Waals surface area contributed by atoms with Gasteiger partial charge in [-0.05, 0) is 18.1 Å². The summed E-state index contributed by atoms with van der Waals surface area (Å²) >= 11 is 0. The second-order valence-corrected chi connectivity index (χ2v) is 6.85. The summed E-state index contributed by atoms with van der Waals surface area (Å²) in [5.41, 5.74) is 2.24. The van der Waals surface area contributed by atoms with Gasteiger partial charge in [0.15, 0.2) is 0 Å². The highest BCUT2D eigenvalue weighted by Gasteiger charge is 2.15. The lowest BCUT2D eigenvalue weighted by molar-refractivity contribution is -0.134. The van der Waals surface area contributed by atoms with Crippen molar-refractivity contribution in [3.8, 4) is 0 Å². The Morgan fingerprint density at radius 3 is 2.81 bits per heavy atom. The number of aromatic nitrogens is 1. The van der Waals surface area contributed by atoms with Gasteiger partial charge >= 0.3 is 0 Å². The largest absolute Gasteiger partial charge is 0.379 e. The maximum atomic E-state index is 12.2. The highest BCUT2D eigenvalue weighted by molar-refractivity contribution is 5.84. The Hall–Kier alpha value is -2.38. The van der Waals surface area contributed by atoms with Gasteiger partial charge in [0.1, 0.15) is 0 Å². The van der Waals surface area contributed by atoms with E-state index < -0.39 is 0 Å². The summed E-state index contributed by atoms with van der Waals surface area (Å²) in [5.74, 6) is -0.199. The predicted octanol–water partition coefficient (Wildman–Crippen LogP) is 1.01. The molecule has 146 valence electrons. The van der Waals surface area contributed by atoms with E-state index in [1.165, 1.54) is 6.92 Å². The van der Waals surface area contributed by atoms with Gasteiger partial charge in [0.25, 0.3) is 0 Å². The molecular formula is C20H28N4O3. The lowest BCUT2D eigenvalue weighted by Gasteiger charge is -2.26. The summed E-state index contributed by atoms with van der Waals surface area (Å²) < 4.78 is 5.31. The first kappa shape index (κ1) is 19.4. The molecular weight excluding hydrogens is 344 g/mol. The summed E-state index contributed by atoms with van der Waals surface area (Å²) in [6, 6.07) is 8.09. The van der Waals surface area contributed by atoms with Crippen LogP contribution in [0.15, 0.2) is 30.5 Å². The lowest BCUT2D eigenvalue weighted by Crippen LogP contribution is -2.44. The highest BCUT2D eigenvalue weighted by atomic mass is 16.5. The Morgan fingerprint density at radius 1 is 1.26 bits per heavy atom. The van der Waals surface area contributed by atoms with Crippen molar-refractivity contribution in [3.63, 3.8) is 0 Å². The van der Waals surface area contributed by atoms with Crippen LogP contribution in [0.2, 0.25) is 0 Å². The summed E-state index contributed by atoms with van der Waals surface area (Å²) in [5, 5.41) is 4.08. The zero-order valence-corrected chi connectivity index (χ0v) is 15.9. The van der Waals surface area contributed by atoms with Crippen molar-refractivity contribution in [1.82, 2.24) is 20.1 Å². The van der Waals surface area contributed by atoms with Gasteiger partial charge in [-0.15, -0.1) is 0 Å². The number of fused-ring (bicyclic) bond motifs is 1. The number of H-pyrrole nitrogens is 1. The number of benzene rings is 1. The summed E-state index contributed by atoms with van der Waals surface area (Å²) in [6.07, 6.45) is 2.69. The van der Waals surface area contributed by atoms with Gasteiger partial charge in [0, 0.05) is 56.7 Å². The van der Waals surface area contributed by atoms with Crippen LogP contribution in [0, 0.1) is 0 Å². The minimum absolute atomic E-state index is 0.0850. The van der Waals surface area contributed by atoms with Crippen LogP contribution < -0.4 is 5.32 Å². The lowest BCUT2D eigenvalue weighted by atomic mass is 10.1. The molecule has 0 unspecified atom stereocenters. The molecule has 2 amide bonds. The van der Waals surface area contributed by atoms with Crippen LogP contribution in [0.3, 0.4) is 0 Å². The number of hydrogen-bond donors (Lipinski definition) is 2. The zero-order chi connectivity index (χ0) is 19.1. The molecule has 0 spiro atoms. The van der Waals surface area contributed by atoms with Crippen LogP contribution >= 0.6 is 0 Å². The number of carbonyl (C=O) groups excluding carboxylic acids is 2. The van der Waals surface area contributed by atoms with Crippen LogP contribution in [-0.2, 0) is 20.7 Å². The van der Waals surface area contributed by atoms with E-state index in [-0.39, 0.29) is 18.4 Å². The molecule has 2 heterocycles. The zero-order valence-electron chi connectivity index (χ0n) is 15.9. The summed E-state index contributed by atoms with van der Waals surface area (Å²) in [7, 11) is 0. The van der Waals surface area contributed by atoms with E-state index in [4.69, 9.17) is 4.74 Å². The van der Waals surface area contributed by atoms with E-state index in [1.54, 1.807) is 4.90 Å². The molecule has 2 N–H and O–H groups in total. The van der Waals surface area contributed by atoms with Gasteiger partial charge in [0.05, 0.1) is 19.8 Å². The maximum Gasteiger partial charge on any atom is 0.239 e. The molecule has 1 aromatic carbocycles. The normalized spacial score (nSPS) is 15.0. The van der Waals surface area contributed by atoms with Crippen molar-refractivity contribution in [2.75, 3.05) is 52.5 Å². The van der Waals surface area contributed by atoms with Crippen molar-refractivity contribution in [1.29, 1.82) is 0 Å². The van der Waals surface area contributed by atoms with Crippen LogP contribution in [0.4, 0.5) is 0 Å². The van der Waals surface area contributed by atoms with Gasteiger partial charge in [-0.2, -0.15) is 0 Å². The van der Waals surface area contributed by atoms with Crippen molar-refractivity contribution in [2.24, 2.45) is 0 Å². The number of aromatic amines is 1. The first-order chi connectivity index (χ1) is 13.1. The third kappa shape index (κ3) is 5.55. The molecule has 0 atom stereocenters. The van der Waals surface area contributed by atoms with Crippen LogP contribution in [0.25, 0.3) is 10.9 Å². The van der Waals surface area contributed by atoms with Gasteiger partial charge in [-0.25, -0.2) is 0 Å². The van der Waals surface area contributed by atoms with Gasteiger partial charge in [0.2, 0.25) is 11.8 Å². The number of hydrogen-bond acceptors (Lipinski definition) is 4. The molecule has 1 aliphatic heterocycles. The summed E-state index contributed by atoms with van der Waals surface area (Å²) in [4.78, 5) is 31.3. The van der Waals surface area contributed by atoms with Crippen molar-refractivity contribution in [2.45, 2.75) is 13.3 Å². The maximum absolute atomic E-state index is 12.2. The molecule has 1 saturated heterocycles. The molecule has 27 heavy (non-hydrogen) atoms. The Kier molecular flexibility index (Phi) is 6.84. The molecule has 0 saturated carbocycles. The van der Waals surface area contributed by atoms with E-state index in [2.05, 4.69) is 21.3 Å². The molecule has 0 aliphatic carbocycles. The fourth-order valence-corrected chi connectivity index (χ4v) is 3.35. The third-order valence-corrected chi connectivity index (χ3v) is 4.96. The van der Waals surface area contributed by atoms with Crippen molar-refractivity contribution >= 4 is 22.7 Å². The number of amides is 2. The van der Waals surface area contributed by atoms with Crippen molar-refractivity contribution in [3.05, 3.63) is 36.0 Å². The first-order valence-electron chi connectivity index (χ1n) is 9.51. The number of morpholine rings is 1. The van der Waals surface area contributed by atoms with Crippen LogP contribution in [-0.4, -0.2) is 79.1 Å². The third-order valence-electron chi connectivity index (χ3n) is 4.96. The number of para-hydroxylation sites is 1. The molecule has 0 radical (unpaired) electrons. The van der Waals surface area contributed by atoms with Gasteiger partial charge in [-0.1, -0.05) is 18.2 Å². The minimum Gasteiger partial charge on any atom is -0.379 e. The first-order valence-corrected chi connectivity index (χ1v) is 9.51. The molecule has 0 bridgehead atoms.